The molecule has 3 aromatic rings. The highest BCUT2D eigenvalue weighted by molar-refractivity contribution is 7.88. The van der Waals surface area contributed by atoms with Gasteiger partial charge in [-0.15, -0.1) is 0 Å². The molecule has 10 nitrogen and oxygen atoms in total. The summed E-state index contributed by atoms with van der Waals surface area (Å²) in [7, 11) is -3.36. The van der Waals surface area contributed by atoms with Crippen molar-refractivity contribution in [2.45, 2.75) is 25.3 Å². The topological polar surface area (TPSA) is 126 Å². The summed E-state index contributed by atoms with van der Waals surface area (Å²) in [4.78, 5) is 23.2. The molecule has 200 valence electrons. The van der Waals surface area contributed by atoms with Crippen molar-refractivity contribution in [1.82, 2.24) is 20.0 Å². The lowest BCUT2D eigenvalue weighted by Gasteiger charge is -2.29. The summed E-state index contributed by atoms with van der Waals surface area (Å²) in [5.41, 5.74) is 3.21. The molecule has 5 rings (SSSR count). The number of benzene rings is 2. The second-order valence-corrected chi connectivity index (χ2v) is 11.8. The van der Waals surface area contributed by atoms with Crippen LogP contribution >= 0.6 is 23.2 Å². The van der Waals surface area contributed by atoms with E-state index in [9.17, 15) is 13.2 Å². The molecule has 0 saturated carbocycles. The zero-order valence-corrected chi connectivity index (χ0v) is 22.8. The van der Waals surface area contributed by atoms with Crippen LogP contribution in [0.25, 0.3) is 0 Å². The highest BCUT2D eigenvalue weighted by atomic mass is 35.5. The molecule has 2 aromatic carbocycles. The van der Waals surface area contributed by atoms with Crippen molar-refractivity contribution in [2.24, 2.45) is 0 Å². The van der Waals surface area contributed by atoms with Crippen LogP contribution in [0.1, 0.15) is 40.2 Å². The van der Waals surface area contributed by atoms with E-state index in [4.69, 9.17) is 27.9 Å². The Labute approximate surface area is 230 Å². The molecule has 0 aliphatic carbocycles. The Morgan fingerprint density at radius 1 is 1.16 bits per heavy atom. The molecular formula is C25H26Cl2N6O4S. The summed E-state index contributed by atoms with van der Waals surface area (Å²) >= 11 is 12.6. The molecular weight excluding hydrogens is 551 g/mol. The van der Waals surface area contributed by atoms with Crippen LogP contribution in [0.4, 0.5) is 17.3 Å². The van der Waals surface area contributed by atoms with E-state index in [1.807, 2.05) is 18.2 Å². The van der Waals surface area contributed by atoms with Gasteiger partial charge in [0.1, 0.15) is 5.56 Å². The van der Waals surface area contributed by atoms with Crippen LogP contribution in [0.15, 0.2) is 42.6 Å². The van der Waals surface area contributed by atoms with Gasteiger partial charge in [0.2, 0.25) is 21.9 Å². The molecule has 0 spiro atoms. The van der Waals surface area contributed by atoms with Crippen LogP contribution in [0, 0.1) is 0 Å². The molecule has 0 unspecified atom stereocenters. The summed E-state index contributed by atoms with van der Waals surface area (Å²) in [5, 5.41) is 7.15. The molecule has 1 aromatic heterocycles. The Bertz CT molecular complexity index is 1460. The van der Waals surface area contributed by atoms with Gasteiger partial charge in [0, 0.05) is 18.4 Å². The Morgan fingerprint density at radius 2 is 1.89 bits per heavy atom. The number of para-hydroxylation sites is 1. The lowest BCUT2D eigenvalue weighted by molar-refractivity contribution is 0.0932. The minimum Gasteiger partial charge on any atom is -0.455 e. The molecule has 13 heteroatoms. The van der Waals surface area contributed by atoms with Gasteiger partial charge in [-0.05, 0) is 67.2 Å². The fourth-order valence-electron chi connectivity index (χ4n) is 4.63. The third-order valence-corrected chi connectivity index (χ3v) is 7.75. The number of sulfonamides is 1. The molecule has 1 saturated heterocycles. The van der Waals surface area contributed by atoms with Crippen molar-refractivity contribution in [3.05, 3.63) is 69.3 Å². The summed E-state index contributed by atoms with van der Waals surface area (Å²) < 4.78 is 31.9. The van der Waals surface area contributed by atoms with E-state index < -0.39 is 10.0 Å². The molecule has 3 N–H and O–H groups in total. The van der Waals surface area contributed by atoms with Crippen LogP contribution in [0.5, 0.6) is 5.88 Å². The number of halogens is 2. The van der Waals surface area contributed by atoms with Crippen molar-refractivity contribution >= 4 is 56.5 Å². The number of rotatable bonds is 7. The molecule has 3 heterocycles. The van der Waals surface area contributed by atoms with Gasteiger partial charge in [0.15, 0.2) is 6.73 Å². The molecule has 0 atom stereocenters. The van der Waals surface area contributed by atoms with E-state index in [0.717, 1.165) is 43.3 Å². The first-order valence-electron chi connectivity index (χ1n) is 12.0. The lowest BCUT2D eigenvalue weighted by Crippen LogP contribution is -2.39. The minimum atomic E-state index is -3.36. The number of piperidine rings is 1. The van der Waals surface area contributed by atoms with Crippen molar-refractivity contribution < 1.29 is 17.9 Å². The van der Waals surface area contributed by atoms with E-state index >= 15 is 0 Å². The zero-order chi connectivity index (χ0) is 26.9. The Morgan fingerprint density at radius 3 is 2.61 bits per heavy atom. The quantitative estimate of drug-likeness (QED) is 0.384. The fourth-order valence-corrected chi connectivity index (χ4v) is 5.65. The molecule has 2 aliphatic heterocycles. The number of hydrogen-bond donors (Lipinski definition) is 3. The molecule has 0 bridgehead atoms. The van der Waals surface area contributed by atoms with Crippen LogP contribution in [0.3, 0.4) is 0 Å². The van der Waals surface area contributed by atoms with Gasteiger partial charge in [-0.3, -0.25) is 9.69 Å². The normalized spacial score (nSPS) is 16.2. The van der Waals surface area contributed by atoms with Crippen molar-refractivity contribution in [1.29, 1.82) is 0 Å². The molecule has 0 radical (unpaired) electrons. The number of carbonyl (C=O) groups excluding carboxylic acids is 1. The molecule has 2 aliphatic rings. The predicted octanol–water partition coefficient (Wildman–Crippen LogP) is 4.04. The van der Waals surface area contributed by atoms with Gasteiger partial charge in [-0.2, -0.15) is 4.98 Å². The highest BCUT2D eigenvalue weighted by Gasteiger charge is 2.31. The summed E-state index contributed by atoms with van der Waals surface area (Å²) in [6.45, 7) is 1.91. The number of fused-ring (bicyclic) bond motifs is 1. The second kappa shape index (κ2) is 11.0. The van der Waals surface area contributed by atoms with Gasteiger partial charge >= 0.3 is 0 Å². The van der Waals surface area contributed by atoms with Crippen LogP contribution in [0.2, 0.25) is 10.0 Å². The third kappa shape index (κ3) is 5.87. The van der Waals surface area contributed by atoms with E-state index in [-0.39, 0.29) is 36.6 Å². The maximum absolute atomic E-state index is 13.1. The van der Waals surface area contributed by atoms with Gasteiger partial charge in [-0.25, -0.2) is 18.1 Å². The Hall–Kier alpha value is -2.96. The Balaban J connectivity index is 1.38. The second-order valence-electron chi connectivity index (χ2n) is 9.15. The third-order valence-electron chi connectivity index (χ3n) is 6.47. The number of anilines is 3. The SMILES string of the molecule is CS(=O)(=O)NCc1cc(Nc2ncc3c(n2)OCN(c2c(Cl)cccc2Cl)C3=O)ccc1C1CCNCC1. The van der Waals surface area contributed by atoms with E-state index in [1.165, 1.54) is 11.1 Å². The van der Waals surface area contributed by atoms with Crippen molar-refractivity contribution in [3.63, 3.8) is 0 Å². The summed E-state index contributed by atoms with van der Waals surface area (Å²) in [6.07, 6.45) is 4.49. The first-order chi connectivity index (χ1) is 18.2. The van der Waals surface area contributed by atoms with Gasteiger partial charge in [-0.1, -0.05) is 35.3 Å². The van der Waals surface area contributed by atoms with Gasteiger partial charge < -0.3 is 15.4 Å². The van der Waals surface area contributed by atoms with Crippen molar-refractivity contribution in [2.75, 3.05) is 36.3 Å². The van der Waals surface area contributed by atoms with E-state index in [0.29, 0.717) is 27.3 Å². The number of ether oxygens (including phenoxy) is 1. The molecule has 1 fully saturated rings. The lowest BCUT2D eigenvalue weighted by atomic mass is 9.87. The number of nitrogens with one attached hydrogen (secondary N) is 3. The van der Waals surface area contributed by atoms with Gasteiger partial charge in [0.05, 0.1) is 22.0 Å². The number of aromatic nitrogens is 2. The predicted molar refractivity (Wildman–Crippen MR) is 147 cm³/mol. The monoisotopic (exact) mass is 576 g/mol. The smallest absolute Gasteiger partial charge is 0.268 e. The van der Waals surface area contributed by atoms with E-state index in [1.54, 1.807) is 18.2 Å². The van der Waals surface area contributed by atoms with Crippen LogP contribution in [-0.4, -0.2) is 50.4 Å². The highest BCUT2D eigenvalue weighted by Crippen LogP contribution is 2.37. The number of amides is 1. The van der Waals surface area contributed by atoms with E-state index in [2.05, 4.69) is 25.3 Å². The largest absolute Gasteiger partial charge is 0.455 e. The van der Waals surface area contributed by atoms with Crippen LogP contribution in [-0.2, 0) is 16.6 Å². The maximum Gasteiger partial charge on any atom is 0.268 e. The first kappa shape index (κ1) is 26.6. The average molecular weight is 577 g/mol. The summed E-state index contributed by atoms with van der Waals surface area (Å²) in [5.74, 6) is 0.332. The molecule has 38 heavy (non-hydrogen) atoms. The maximum atomic E-state index is 13.1. The van der Waals surface area contributed by atoms with Crippen molar-refractivity contribution in [3.8, 4) is 5.88 Å². The number of hydrogen-bond acceptors (Lipinski definition) is 8. The summed E-state index contributed by atoms with van der Waals surface area (Å²) in [6, 6.07) is 10.8. The molecule has 1 amide bonds. The average Bonchev–Trinajstić information content (AvgIpc) is 2.89. The van der Waals surface area contributed by atoms with Crippen LogP contribution < -0.4 is 25.0 Å². The fraction of sp³-hybridized carbons (Fsp3) is 0.320. The van der Waals surface area contributed by atoms with Gasteiger partial charge in [0.25, 0.3) is 5.91 Å². The number of nitrogens with zero attached hydrogens (tertiary/aromatic N) is 3. The Kier molecular flexibility index (Phi) is 7.73. The first-order valence-corrected chi connectivity index (χ1v) is 14.7. The minimum absolute atomic E-state index is 0.113. The number of carbonyl (C=O) groups is 1. The zero-order valence-electron chi connectivity index (χ0n) is 20.5. The standard InChI is InChI=1S/C25H26Cl2N6O4S/c1-38(35,36)30-12-16-11-17(5-6-18(16)15-7-9-28-10-8-15)31-25-29-13-19-23(32-25)37-14-33(24(19)34)22-20(26)3-2-4-21(22)27/h2-6,11,13,15,28,30H,7-10,12,14H2,1H3,(H,29,31,32).